The molecular weight excluding hydrogens is 844 g/mol. The zero-order valence-corrected chi connectivity index (χ0v) is 29.3. The quantitative estimate of drug-likeness (QED) is 0.182. The summed E-state index contributed by atoms with van der Waals surface area (Å²) in [7, 11) is 3.91. The number of nitriles is 1. The minimum Gasteiger partial charge on any atom is -0.569 e. The van der Waals surface area contributed by atoms with Crippen LogP contribution in [0, 0.1) is 36.8 Å². The molecule has 6 aromatic rings. The van der Waals surface area contributed by atoms with Crippen molar-refractivity contribution < 1.29 is 33.3 Å². The summed E-state index contributed by atoms with van der Waals surface area (Å²) in [5, 5.41) is 18.4. The number of hydrogen-bond acceptors (Lipinski definition) is 10. The summed E-state index contributed by atoms with van der Waals surface area (Å²) in [6.45, 7) is 3.87. The van der Waals surface area contributed by atoms with Gasteiger partial charge in [-0.25, -0.2) is 11.1 Å². The average Bonchev–Trinajstić information content (AvgIpc) is 3.91. The first-order valence-corrected chi connectivity index (χ1v) is 15.4. The molecular formula is C34H23F3IrN11S-5. The van der Waals surface area contributed by atoms with Gasteiger partial charge in [-0.1, -0.05) is 40.0 Å². The molecule has 8 rings (SSSR count). The topological polar surface area (TPSA) is 107 Å². The van der Waals surface area contributed by atoms with Crippen LogP contribution in [0.3, 0.4) is 0 Å². The largest absolute Gasteiger partial charge is 0.569 e. The van der Waals surface area contributed by atoms with Gasteiger partial charge in [0.2, 0.25) is 0 Å². The molecule has 0 fully saturated rings. The third-order valence-corrected chi connectivity index (χ3v) is 8.15. The van der Waals surface area contributed by atoms with Gasteiger partial charge < -0.3 is 39.3 Å². The Morgan fingerprint density at radius 2 is 1.62 bits per heavy atom. The van der Waals surface area contributed by atoms with E-state index >= 15 is 0 Å². The fourth-order valence-corrected chi connectivity index (χ4v) is 5.86. The maximum absolute atomic E-state index is 12.7. The maximum Gasteiger partial charge on any atom is 0.431 e. The number of nitrogens with zero attached hydrogens (tertiary/aromatic N) is 11. The number of hydrogen-bond donors (Lipinski definition) is 0. The van der Waals surface area contributed by atoms with Gasteiger partial charge in [0.25, 0.3) is 0 Å². The van der Waals surface area contributed by atoms with Crippen LogP contribution in [0.1, 0.15) is 11.3 Å². The van der Waals surface area contributed by atoms with Crippen molar-refractivity contribution in [1.82, 2.24) is 39.5 Å². The predicted molar refractivity (Wildman–Crippen MR) is 177 cm³/mol. The van der Waals surface area contributed by atoms with Gasteiger partial charge in [0.05, 0.1) is 6.07 Å². The summed E-state index contributed by atoms with van der Waals surface area (Å²) in [5.41, 5.74) is 2.94. The van der Waals surface area contributed by atoms with Gasteiger partial charge in [-0.3, -0.25) is 4.98 Å². The molecule has 255 valence electrons. The van der Waals surface area contributed by atoms with Crippen molar-refractivity contribution in [3.63, 3.8) is 0 Å². The Kier molecular flexibility index (Phi) is 9.83. The average molecular weight is 867 g/mol. The van der Waals surface area contributed by atoms with Gasteiger partial charge >= 0.3 is 6.18 Å². The van der Waals surface area contributed by atoms with Crippen molar-refractivity contribution in [2.24, 2.45) is 0 Å². The van der Waals surface area contributed by atoms with Crippen molar-refractivity contribution >= 4 is 44.9 Å². The smallest absolute Gasteiger partial charge is 0.431 e. The van der Waals surface area contributed by atoms with Crippen LogP contribution in [0.15, 0.2) is 102 Å². The van der Waals surface area contributed by atoms with Crippen LogP contribution < -0.4 is 14.9 Å². The van der Waals surface area contributed by atoms with E-state index in [9.17, 15) is 18.4 Å². The molecule has 7 heterocycles. The number of rotatable bonds is 5. The molecule has 5 aromatic heterocycles. The van der Waals surface area contributed by atoms with E-state index in [0.29, 0.717) is 16.4 Å². The summed E-state index contributed by atoms with van der Waals surface area (Å²) in [6.07, 6.45) is 9.99. The molecule has 0 N–H and O–H groups in total. The van der Waals surface area contributed by atoms with Crippen LogP contribution in [-0.2, 0) is 26.3 Å². The summed E-state index contributed by atoms with van der Waals surface area (Å²) >= 11 is 1.01. The molecule has 0 bridgehead atoms. The van der Waals surface area contributed by atoms with E-state index in [1.54, 1.807) is 36.9 Å². The maximum atomic E-state index is 12.7. The number of anilines is 2. The number of aromatic nitrogens is 6. The summed E-state index contributed by atoms with van der Waals surface area (Å²) in [4.78, 5) is 20.7. The van der Waals surface area contributed by atoms with Crippen LogP contribution >= 0.6 is 11.8 Å². The molecule has 0 saturated heterocycles. The van der Waals surface area contributed by atoms with Crippen LogP contribution in [0.4, 0.5) is 24.5 Å². The Balaban J connectivity index is 0.000000181. The van der Waals surface area contributed by atoms with Gasteiger partial charge in [0.15, 0.2) is 0 Å². The molecule has 11 nitrogen and oxygen atoms in total. The minimum atomic E-state index is -4.53. The number of benzene rings is 1. The molecule has 0 atom stereocenters. The van der Waals surface area contributed by atoms with Gasteiger partial charge in [-0.15, -0.1) is 40.5 Å². The molecule has 2 aliphatic rings. The van der Waals surface area contributed by atoms with Crippen molar-refractivity contribution in [1.29, 1.82) is 5.26 Å². The van der Waals surface area contributed by atoms with Crippen molar-refractivity contribution in [3.05, 3.63) is 129 Å². The molecule has 0 amide bonds. The second-order valence-corrected chi connectivity index (χ2v) is 11.8. The Hall–Kier alpha value is -5.36. The number of fused-ring (bicyclic) bond motifs is 3. The first kappa shape index (κ1) is 34.5. The first-order chi connectivity index (χ1) is 23.7. The first-order valence-electron chi connectivity index (χ1n) is 14.5. The van der Waals surface area contributed by atoms with Crippen molar-refractivity contribution in [2.45, 2.75) is 16.2 Å². The monoisotopic (exact) mass is 867 g/mol. The van der Waals surface area contributed by atoms with Gasteiger partial charge in [0.1, 0.15) is 16.5 Å². The number of halogens is 3. The molecule has 16 heteroatoms. The third kappa shape index (κ3) is 7.16. The summed E-state index contributed by atoms with van der Waals surface area (Å²) < 4.78 is 40.1. The van der Waals surface area contributed by atoms with Gasteiger partial charge in [-0.2, -0.15) is 31.8 Å². The normalized spacial score (nSPS) is 13.9. The summed E-state index contributed by atoms with van der Waals surface area (Å²) in [5.74, 6) is 0.596. The fraction of sp³-hybridized carbons (Fsp3) is 0.0882. The van der Waals surface area contributed by atoms with E-state index in [4.69, 9.17) is 0 Å². The Bertz CT molecular complexity index is 2160. The van der Waals surface area contributed by atoms with Crippen molar-refractivity contribution in [3.8, 4) is 11.9 Å². The molecule has 1 radical (unpaired) electrons. The summed E-state index contributed by atoms with van der Waals surface area (Å²) in [6, 6.07) is 20.4. The molecule has 0 aliphatic carbocycles. The zero-order chi connectivity index (χ0) is 34.1. The molecule has 2 aliphatic heterocycles. The van der Waals surface area contributed by atoms with E-state index < -0.39 is 11.9 Å². The van der Waals surface area contributed by atoms with Crippen LogP contribution in [0.5, 0.6) is 0 Å². The Morgan fingerprint density at radius 1 is 0.920 bits per heavy atom. The second-order valence-electron chi connectivity index (χ2n) is 10.8. The second kappa shape index (κ2) is 14.2. The van der Waals surface area contributed by atoms with Crippen molar-refractivity contribution in [2.75, 3.05) is 23.9 Å². The van der Waals surface area contributed by atoms with E-state index in [0.717, 1.165) is 51.0 Å². The molecule has 0 saturated carbocycles. The van der Waals surface area contributed by atoms with E-state index in [1.165, 1.54) is 0 Å². The zero-order valence-electron chi connectivity index (χ0n) is 26.1. The fourth-order valence-electron chi connectivity index (χ4n) is 5.11. The SMILES string of the molecule is CN1C=CN(c2[c-]c(N3C=CN(C)[CH-]3)cc(C#N)c2)[CH-]1.FC(F)(F)c1cc(Sc2cccc(-n3c4[c-]cncc4c4cnccc43)n2)[n-]n1.[Ir]. The van der Waals surface area contributed by atoms with Gasteiger partial charge in [0, 0.05) is 38.0 Å². The van der Waals surface area contributed by atoms with Crippen LogP contribution in [0.2, 0.25) is 0 Å². The third-order valence-electron chi connectivity index (χ3n) is 7.31. The Labute approximate surface area is 302 Å². The molecule has 0 spiro atoms. The Morgan fingerprint density at radius 3 is 2.24 bits per heavy atom. The van der Waals surface area contributed by atoms with Crippen LogP contribution in [-0.4, -0.2) is 48.5 Å². The number of alkyl halides is 3. The van der Waals surface area contributed by atoms with Crippen LogP contribution in [0.25, 0.3) is 27.6 Å². The molecule has 50 heavy (non-hydrogen) atoms. The minimum absolute atomic E-state index is 0. The molecule has 0 unspecified atom stereocenters. The van der Waals surface area contributed by atoms with E-state index in [2.05, 4.69) is 43.4 Å². The molecule has 1 aromatic carbocycles. The van der Waals surface area contributed by atoms with Gasteiger partial charge in [-0.05, 0) is 69.4 Å². The van der Waals surface area contributed by atoms with E-state index in [-0.39, 0.29) is 25.1 Å². The standard InChI is InChI=1S/C19H9F3N6S.C15H14N5.Ir/c20-19(21,22)15-8-18(27-26-15)29-17-3-1-2-16(25-17)28-13-4-6-23-9-11(13)12-10-24-7-5-14(12)28;1-17-3-5-19(11-17)14-7-13(10-16)8-15(9-14)20-6-4-18(2)12-20;/h1-4,6-10H;3-8,11-12H,1-2H3;/q-2;-3;. The van der Waals surface area contributed by atoms with E-state index in [1.807, 2.05) is 101 Å². The predicted octanol–water partition coefficient (Wildman–Crippen LogP) is 6.33. The number of pyridine rings is 3.